The number of carbonyl (C=O) groups is 1. The largest absolute Gasteiger partial charge is 0.466 e. The molecule has 114 valence electrons. The molecule has 0 aliphatic rings. The summed E-state index contributed by atoms with van der Waals surface area (Å²) in [5.41, 5.74) is 0.509. The molecule has 0 spiro atoms. The second kappa shape index (κ2) is 7.58. The van der Waals surface area contributed by atoms with Crippen LogP contribution in [-0.4, -0.2) is 31.7 Å². The number of ether oxygens (including phenoxy) is 1. The van der Waals surface area contributed by atoms with Crippen LogP contribution in [0.5, 0.6) is 0 Å². The van der Waals surface area contributed by atoms with Gasteiger partial charge in [-0.05, 0) is 19.3 Å². The van der Waals surface area contributed by atoms with Gasteiger partial charge in [-0.1, -0.05) is 13.8 Å². The van der Waals surface area contributed by atoms with Gasteiger partial charge in [0.25, 0.3) is 0 Å². The predicted molar refractivity (Wildman–Crippen MR) is 79.3 cm³/mol. The molecule has 0 saturated carbocycles. The number of nitrogens with zero attached hydrogens (tertiary/aromatic N) is 1. The Morgan fingerprint density at radius 3 is 2.80 bits per heavy atom. The lowest BCUT2D eigenvalue weighted by atomic mass is 10.2. The predicted octanol–water partition coefficient (Wildman–Crippen LogP) is 2.04. The summed E-state index contributed by atoms with van der Waals surface area (Å²) in [7, 11) is -3.37. The molecule has 1 aromatic rings. The summed E-state index contributed by atoms with van der Waals surface area (Å²) in [6.45, 7) is 5.98. The minimum absolute atomic E-state index is 0.0536. The van der Waals surface area contributed by atoms with E-state index in [2.05, 4.69) is 9.71 Å². The number of sulfonamides is 1. The van der Waals surface area contributed by atoms with E-state index in [1.807, 2.05) is 13.8 Å². The van der Waals surface area contributed by atoms with E-state index >= 15 is 0 Å². The highest BCUT2D eigenvalue weighted by molar-refractivity contribution is 7.92. The number of anilines is 1. The van der Waals surface area contributed by atoms with Crippen molar-refractivity contribution in [2.75, 3.05) is 17.1 Å². The van der Waals surface area contributed by atoms with Gasteiger partial charge in [-0.3, -0.25) is 9.52 Å². The number of hydrogen-bond acceptors (Lipinski definition) is 6. The molecule has 1 rings (SSSR count). The molecule has 0 aromatic carbocycles. The van der Waals surface area contributed by atoms with Crippen molar-refractivity contribution < 1.29 is 17.9 Å². The average molecular weight is 320 g/mol. The molecule has 0 fully saturated rings. The average Bonchev–Trinajstić information content (AvgIpc) is 2.73. The third-order valence-electron chi connectivity index (χ3n) is 2.39. The normalized spacial score (nSPS) is 11.6. The molecular formula is C12H20N2O4S2. The fraction of sp³-hybridized carbons (Fsp3) is 0.667. The van der Waals surface area contributed by atoms with Gasteiger partial charge in [0.15, 0.2) is 5.13 Å². The van der Waals surface area contributed by atoms with Crippen LogP contribution >= 0.6 is 11.3 Å². The molecule has 1 aromatic heterocycles. The molecule has 0 saturated heterocycles. The van der Waals surface area contributed by atoms with Crippen molar-refractivity contribution in [1.82, 2.24) is 4.98 Å². The number of aromatic nitrogens is 1. The molecule has 0 aliphatic heterocycles. The van der Waals surface area contributed by atoms with Gasteiger partial charge in [-0.2, -0.15) is 0 Å². The number of rotatable bonds is 8. The maximum Gasteiger partial charge on any atom is 0.311 e. The first kappa shape index (κ1) is 16.9. The molecule has 0 aliphatic carbocycles. The van der Waals surface area contributed by atoms with Crippen molar-refractivity contribution in [1.29, 1.82) is 0 Å². The lowest BCUT2D eigenvalue weighted by molar-refractivity contribution is -0.142. The highest BCUT2D eigenvalue weighted by Crippen LogP contribution is 2.18. The van der Waals surface area contributed by atoms with Crippen molar-refractivity contribution in [3.63, 3.8) is 0 Å². The molecule has 20 heavy (non-hydrogen) atoms. The van der Waals surface area contributed by atoms with Gasteiger partial charge in [0.1, 0.15) is 0 Å². The van der Waals surface area contributed by atoms with Gasteiger partial charge >= 0.3 is 5.97 Å². The first-order chi connectivity index (χ1) is 9.32. The first-order valence-corrected chi connectivity index (χ1v) is 8.96. The van der Waals surface area contributed by atoms with E-state index in [1.54, 1.807) is 12.3 Å². The van der Waals surface area contributed by atoms with E-state index in [-0.39, 0.29) is 23.3 Å². The molecule has 1 heterocycles. The second-order valence-corrected chi connectivity index (χ2v) is 7.43. The highest BCUT2D eigenvalue weighted by Gasteiger charge is 2.15. The van der Waals surface area contributed by atoms with E-state index in [0.717, 1.165) is 11.3 Å². The molecule has 8 heteroatoms. The van der Waals surface area contributed by atoms with Crippen LogP contribution in [0.4, 0.5) is 5.13 Å². The molecule has 0 amide bonds. The van der Waals surface area contributed by atoms with Crippen LogP contribution in [0.15, 0.2) is 5.38 Å². The minimum atomic E-state index is -3.37. The SMILES string of the molecule is CCOC(=O)Cc1csc(NS(=O)(=O)CCC(C)C)n1. The van der Waals surface area contributed by atoms with E-state index in [4.69, 9.17) is 4.74 Å². The highest BCUT2D eigenvalue weighted by atomic mass is 32.2. The lowest BCUT2D eigenvalue weighted by Gasteiger charge is -2.06. The molecule has 1 N–H and O–H groups in total. The van der Waals surface area contributed by atoms with Crippen LogP contribution < -0.4 is 4.72 Å². The van der Waals surface area contributed by atoms with E-state index in [0.29, 0.717) is 24.6 Å². The lowest BCUT2D eigenvalue weighted by Crippen LogP contribution is -2.18. The summed E-state index contributed by atoms with van der Waals surface area (Å²) in [5, 5.41) is 1.94. The third-order valence-corrected chi connectivity index (χ3v) is 4.60. The Hall–Kier alpha value is -1.15. The summed E-state index contributed by atoms with van der Waals surface area (Å²) < 4.78 is 30.8. The minimum Gasteiger partial charge on any atom is -0.466 e. The quantitative estimate of drug-likeness (QED) is 0.741. The van der Waals surface area contributed by atoms with E-state index < -0.39 is 10.0 Å². The van der Waals surface area contributed by atoms with Gasteiger partial charge in [-0.15, -0.1) is 11.3 Å². The second-order valence-electron chi connectivity index (χ2n) is 4.73. The number of esters is 1. The van der Waals surface area contributed by atoms with Crippen LogP contribution in [0.1, 0.15) is 32.9 Å². The Labute approximate surface area is 123 Å². The molecule has 0 unspecified atom stereocenters. The Morgan fingerprint density at radius 2 is 2.20 bits per heavy atom. The smallest absolute Gasteiger partial charge is 0.311 e. The van der Waals surface area contributed by atoms with Crippen molar-refractivity contribution in [2.24, 2.45) is 5.92 Å². The molecule has 0 bridgehead atoms. The van der Waals surface area contributed by atoms with E-state index in [1.165, 1.54) is 0 Å². The zero-order valence-corrected chi connectivity index (χ0v) is 13.5. The molecular weight excluding hydrogens is 300 g/mol. The van der Waals surface area contributed by atoms with Gasteiger partial charge in [0, 0.05) is 5.38 Å². The van der Waals surface area contributed by atoms with Crippen LogP contribution in [0, 0.1) is 5.92 Å². The Balaban J connectivity index is 2.57. The van der Waals surface area contributed by atoms with Gasteiger partial charge in [0.05, 0.1) is 24.5 Å². The zero-order valence-electron chi connectivity index (χ0n) is 11.9. The van der Waals surface area contributed by atoms with Crippen molar-refractivity contribution in [3.05, 3.63) is 11.1 Å². The fourth-order valence-corrected chi connectivity index (χ4v) is 3.69. The molecule has 0 atom stereocenters. The van der Waals surface area contributed by atoms with Gasteiger partial charge in [-0.25, -0.2) is 13.4 Å². The Bertz CT molecular complexity index is 537. The summed E-state index contributed by atoms with van der Waals surface area (Å²) in [6, 6.07) is 0. The number of hydrogen-bond donors (Lipinski definition) is 1. The number of carbonyl (C=O) groups excluding carboxylic acids is 1. The maximum absolute atomic E-state index is 11.8. The van der Waals surface area contributed by atoms with Crippen LogP contribution in [0.25, 0.3) is 0 Å². The van der Waals surface area contributed by atoms with Gasteiger partial charge < -0.3 is 4.74 Å². The van der Waals surface area contributed by atoms with Crippen LogP contribution in [-0.2, 0) is 26.0 Å². The maximum atomic E-state index is 11.8. The fourth-order valence-electron chi connectivity index (χ4n) is 1.37. The summed E-state index contributed by atoms with van der Waals surface area (Å²) in [5.74, 6) is 0.0199. The summed E-state index contributed by atoms with van der Waals surface area (Å²) >= 11 is 1.16. The van der Waals surface area contributed by atoms with Crippen molar-refractivity contribution in [3.8, 4) is 0 Å². The zero-order chi connectivity index (χ0) is 15.2. The standard InChI is InChI=1S/C12H20N2O4S2/c1-4-18-11(15)7-10-8-19-12(13-10)14-20(16,17)6-5-9(2)3/h8-9H,4-7H2,1-3H3,(H,13,14). The van der Waals surface area contributed by atoms with Crippen molar-refractivity contribution in [2.45, 2.75) is 33.6 Å². The Kier molecular flexibility index (Phi) is 6.41. The van der Waals surface area contributed by atoms with Crippen LogP contribution in [0.2, 0.25) is 0 Å². The Morgan fingerprint density at radius 1 is 1.50 bits per heavy atom. The first-order valence-electron chi connectivity index (χ1n) is 6.43. The van der Waals surface area contributed by atoms with Crippen molar-refractivity contribution >= 4 is 32.5 Å². The molecule has 0 radical (unpaired) electrons. The topological polar surface area (TPSA) is 85.4 Å². The summed E-state index contributed by atoms with van der Waals surface area (Å²) in [6.07, 6.45) is 0.647. The van der Waals surface area contributed by atoms with Crippen LogP contribution in [0.3, 0.4) is 0 Å². The third kappa shape index (κ3) is 6.33. The summed E-state index contributed by atoms with van der Waals surface area (Å²) in [4.78, 5) is 15.4. The number of nitrogens with one attached hydrogen (secondary N) is 1. The number of thiazole rings is 1. The molecule has 6 nitrogen and oxygen atoms in total. The monoisotopic (exact) mass is 320 g/mol. The van der Waals surface area contributed by atoms with Gasteiger partial charge in [0.2, 0.25) is 10.0 Å². The van der Waals surface area contributed by atoms with E-state index in [9.17, 15) is 13.2 Å².